The molecular formula is C15H17ClFNO3. The number of hydrogen-bond acceptors (Lipinski definition) is 2. The molecule has 0 aromatic heterocycles. The van der Waals surface area contributed by atoms with Gasteiger partial charge >= 0.3 is 5.97 Å². The summed E-state index contributed by atoms with van der Waals surface area (Å²) in [5, 5.41) is 9.50. The number of hydrogen-bond donors (Lipinski definition) is 1. The van der Waals surface area contributed by atoms with Crippen molar-refractivity contribution in [1.29, 1.82) is 0 Å². The number of rotatable bonds is 5. The highest BCUT2D eigenvalue weighted by atomic mass is 35.5. The molecule has 0 saturated heterocycles. The van der Waals surface area contributed by atoms with Crippen molar-refractivity contribution in [2.75, 3.05) is 7.05 Å². The molecule has 1 saturated carbocycles. The number of carbonyl (C=O) groups excluding carboxylic acids is 1. The monoisotopic (exact) mass is 313 g/mol. The summed E-state index contributed by atoms with van der Waals surface area (Å²) in [6, 6.07) is 4.34. The molecule has 0 atom stereocenters. The van der Waals surface area contributed by atoms with Crippen LogP contribution in [0.4, 0.5) is 4.39 Å². The van der Waals surface area contributed by atoms with Crippen LogP contribution in [0.3, 0.4) is 0 Å². The summed E-state index contributed by atoms with van der Waals surface area (Å²) in [6.45, 7) is 0.0278. The molecule has 1 aromatic carbocycles. The number of carboxylic acid groups (broad SMARTS) is 1. The molecule has 1 aliphatic rings. The molecule has 21 heavy (non-hydrogen) atoms. The molecule has 0 heterocycles. The molecule has 2 rings (SSSR count). The molecule has 4 nitrogen and oxygen atoms in total. The van der Waals surface area contributed by atoms with Crippen molar-refractivity contribution in [3.63, 3.8) is 0 Å². The number of nitrogens with zero attached hydrogens (tertiary/aromatic N) is 1. The molecule has 1 fully saturated rings. The van der Waals surface area contributed by atoms with Crippen molar-refractivity contribution in [3.8, 4) is 0 Å². The SMILES string of the molecule is CN(Cc1c(F)cccc1Cl)C(=O)CC1(C(=O)O)CCC1. The Bertz CT molecular complexity index is 552. The van der Waals surface area contributed by atoms with Crippen LogP contribution in [-0.4, -0.2) is 28.9 Å². The van der Waals surface area contributed by atoms with Crippen LogP contribution in [-0.2, 0) is 16.1 Å². The Hall–Kier alpha value is -1.62. The van der Waals surface area contributed by atoms with Gasteiger partial charge in [0.1, 0.15) is 5.82 Å². The molecule has 1 N–H and O–H groups in total. The van der Waals surface area contributed by atoms with Crippen molar-refractivity contribution < 1.29 is 19.1 Å². The molecular weight excluding hydrogens is 297 g/mol. The maximum atomic E-state index is 13.7. The lowest BCUT2D eigenvalue weighted by molar-refractivity contribution is -0.159. The van der Waals surface area contributed by atoms with Crippen LogP contribution in [0, 0.1) is 11.2 Å². The van der Waals surface area contributed by atoms with Crippen molar-refractivity contribution >= 4 is 23.5 Å². The largest absolute Gasteiger partial charge is 0.481 e. The third kappa shape index (κ3) is 3.18. The van der Waals surface area contributed by atoms with E-state index in [1.807, 2.05) is 0 Å². The zero-order valence-electron chi connectivity index (χ0n) is 11.7. The number of amides is 1. The molecule has 0 spiro atoms. The van der Waals surface area contributed by atoms with Crippen LogP contribution in [0.1, 0.15) is 31.2 Å². The van der Waals surface area contributed by atoms with E-state index in [4.69, 9.17) is 11.6 Å². The van der Waals surface area contributed by atoms with Crippen LogP contribution in [0.15, 0.2) is 18.2 Å². The van der Waals surface area contributed by atoms with E-state index in [2.05, 4.69) is 0 Å². The number of carboxylic acids is 1. The lowest BCUT2D eigenvalue weighted by atomic mass is 9.66. The lowest BCUT2D eigenvalue weighted by Crippen LogP contribution is -2.42. The van der Waals surface area contributed by atoms with E-state index in [1.54, 1.807) is 6.07 Å². The Morgan fingerprint density at radius 1 is 1.43 bits per heavy atom. The predicted molar refractivity (Wildman–Crippen MR) is 76.4 cm³/mol. The maximum Gasteiger partial charge on any atom is 0.310 e. The number of aliphatic carboxylic acids is 1. The second-order valence-corrected chi connectivity index (χ2v) is 5.97. The average Bonchev–Trinajstić information content (AvgIpc) is 2.37. The topological polar surface area (TPSA) is 57.6 Å². The summed E-state index contributed by atoms with van der Waals surface area (Å²) >= 11 is 5.93. The van der Waals surface area contributed by atoms with Crippen molar-refractivity contribution in [3.05, 3.63) is 34.6 Å². The van der Waals surface area contributed by atoms with Crippen LogP contribution in [0.25, 0.3) is 0 Å². The summed E-state index contributed by atoms with van der Waals surface area (Å²) < 4.78 is 13.7. The Morgan fingerprint density at radius 2 is 2.10 bits per heavy atom. The Balaban J connectivity index is 2.05. The van der Waals surface area contributed by atoms with Gasteiger partial charge in [-0.15, -0.1) is 0 Å². The van der Waals surface area contributed by atoms with Crippen molar-refractivity contribution in [2.45, 2.75) is 32.2 Å². The van der Waals surface area contributed by atoms with Crippen LogP contribution in [0.2, 0.25) is 5.02 Å². The Kier molecular flexibility index (Phi) is 4.52. The van der Waals surface area contributed by atoms with E-state index in [-0.39, 0.29) is 29.5 Å². The van der Waals surface area contributed by atoms with Crippen LogP contribution in [0.5, 0.6) is 0 Å². The molecule has 1 aromatic rings. The number of benzene rings is 1. The van der Waals surface area contributed by atoms with Gasteiger partial charge in [-0.3, -0.25) is 9.59 Å². The molecule has 0 bridgehead atoms. The second kappa shape index (κ2) is 6.02. The molecule has 0 unspecified atom stereocenters. The molecule has 1 amide bonds. The van der Waals surface area contributed by atoms with E-state index in [0.717, 1.165) is 6.42 Å². The number of halogens is 2. The first-order valence-electron chi connectivity index (χ1n) is 6.76. The van der Waals surface area contributed by atoms with E-state index < -0.39 is 17.2 Å². The zero-order valence-corrected chi connectivity index (χ0v) is 12.5. The van der Waals surface area contributed by atoms with Crippen LogP contribution >= 0.6 is 11.6 Å². The van der Waals surface area contributed by atoms with Gasteiger partial charge in [-0.25, -0.2) is 4.39 Å². The molecule has 1 aliphatic carbocycles. The summed E-state index contributed by atoms with van der Waals surface area (Å²) in [5.41, 5.74) is -0.697. The van der Waals surface area contributed by atoms with Gasteiger partial charge in [0.15, 0.2) is 0 Å². The predicted octanol–water partition coefficient (Wildman–Crippen LogP) is 3.08. The quantitative estimate of drug-likeness (QED) is 0.909. The molecule has 114 valence electrons. The Morgan fingerprint density at radius 3 is 2.57 bits per heavy atom. The van der Waals surface area contributed by atoms with E-state index >= 15 is 0 Å². The highest BCUT2D eigenvalue weighted by molar-refractivity contribution is 6.31. The minimum atomic E-state index is -0.940. The van der Waals surface area contributed by atoms with E-state index in [0.29, 0.717) is 12.8 Å². The van der Waals surface area contributed by atoms with Gasteiger partial charge in [-0.1, -0.05) is 24.1 Å². The number of carbonyl (C=O) groups is 2. The first-order valence-corrected chi connectivity index (χ1v) is 7.14. The van der Waals surface area contributed by atoms with Crippen molar-refractivity contribution in [1.82, 2.24) is 4.90 Å². The summed E-state index contributed by atoms with van der Waals surface area (Å²) in [5.74, 6) is -1.71. The minimum Gasteiger partial charge on any atom is -0.481 e. The first kappa shape index (κ1) is 15.8. The smallest absolute Gasteiger partial charge is 0.310 e. The lowest BCUT2D eigenvalue weighted by Gasteiger charge is -2.38. The maximum absolute atomic E-state index is 13.7. The van der Waals surface area contributed by atoms with Gasteiger partial charge < -0.3 is 10.0 Å². The molecule has 0 radical (unpaired) electrons. The fraction of sp³-hybridized carbons (Fsp3) is 0.467. The molecule has 0 aliphatic heterocycles. The standard InChI is InChI=1S/C15H17ClFNO3/c1-18(9-10-11(16)4-2-5-12(10)17)13(19)8-15(14(20)21)6-3-7-15/h2,4-5H,3,6-9H2,1H3,(H,20,21). The normalized spacial score (nSPS) is 16.1. The van der Waals surface area contributed by atoms with Crippen molar-refractivity contribution in [2.24, 2.45) is 5.41 Å². The fourth-order valence-electron chi connectivity index (χ4n) is 2.50. The second-order valence-electron chi connectivity index (χ2n) is 5.57. The van der Waals surface area contributed by atoms with Gasteiger partial charge in [0.2, 0.25) is 5.91 Å². The minimum absolute atomic E-state index is 0.0278. The zero-order chi connectivity index (χ0) is 15.6. The summed E-state index contributed by atoms with van der Waals surface area (Å²) in [6.07, 6.45) is 1.80. The highest BCUT2D eigenvalue weighted by Crippen LogP contribution is 2.44. The Labute approximate surface area is 127 Å². The summed E-state index contributed by atoms with van der Waals surface area (Å²) in [4.78, 5) is 24.8. The average molecular weight is 314 g/mol. The van der Waals surface area contributed by atoms with Gasteiger partial charge in [0.25, 0.3) is 0 Å². The molecule has 6 heteroatoms. The van der Waals surface area contributed by atoms with E-state index in [1.165, 1.54) is 24.1 Å². The summed E-state index contributed by atoms with van der Waals surface area (Å²) in [7, 11) is 1.53. The third-order valence-corrected chi connectivity index (χ3v) is 4.49. The van der Waals surface area contributed by atoms with Gasteiger partial charge in [0.05, 0.1) is 5.41 Å². The van der Waals surface area contributed by atoms with Gasteiger partial charge in [-0.2, -0.15) is 0 Å². The highest BCUT2D eigenvalue weighted by Gasteiger charge is 2.46. The third-order valence-electron chi connectivity index (χ3n) is 4.14. The fourth-order valence-corrected chi connectivity index (χ4v) is 2.73. The van der Waals surface area contributed by atoms with E-state index in [9.17, 15) is 19.1 Å². The van der Waals surface area contributed by atoms with Crippen LogP contribution < -0.4 is 0 Å². The van der Waals surface area contributed by atoms with Gasteiger partial charge in [-0.05, 0) is 25.0 Å². The van der Waals surface area contributed by atoms with Gasteiger partial charge in [0, 0.05) is 30.6 Å². The first-order chi connectivity index (χ1) is 9.85.